The van der Waals surface area contributed by atoms with E-state index in [1.807, 2.05) is 42.6 Å². The fourth-order valence-corrected chi connectivity index (χ4v) is 3.61. The highest BCUT2D eigenvalue weighted by Gasteiger charge is 2.08. The number of benzene rings is 3. The summed E-state index contributed by atoms with van der Waals surface area (Å²) in [7, 11) is 0. The number of nitrogens with one attached hydrogen (secondary N) is 1. The first kappa shape index (κ1) is 15.5. The topological polar surface area (TPSA) is 37.3 Å². The standard InChI is InChI=1S/C21H17N3S/c1-15-20(17-9-3-2-4-10-17)23-21(25-15)24-22-14-18-12-7-11-16-8-5-6-13-19(16)18/h2-14H,1H3,(H,23,24)/b22-14+. The Morgan fingerprint density at radius 1 is 0.920 bits per heavy atom. The van der Waals surface area contributed by atoms with Crippen molar-refractivity contribution in [1.82, 2.24) is 4.98 Å². The summed E-state index contributed by atoms with van der Waals surface area (Å²) < 4.78 is 0. The number of hydrazone groups is 1. The van der Waals surface area contributed by atoms with E-state index in [-0.39, 0.29) is 0 Å². The van der Waals surface area contributed by atoms with E-state index in [1.54, 1.807) is 11.3 Å². The van der Waals surface area contributed by atoms with Crippen LogP contribution in [0, 0.1) is 6.92 Å². The van der Waals surface area contributed by atoms with Gasteiger partial charge in [0.1, 0.15) is 0 Å². The molecular weight excluding hydrogens is 326 g/mol. The molecule has 0 unspecified atom stereocenters. The summed E-state index contributed by atoms with van der Waals surface area (Å²) in [5.41, 5.74) is 6.29. The predicted molar refractivity (Wildman–Crippen MR) is 107 cm³/mol. The summed E-state index contributed by atoms with van der Waals surface area (Å²) in [6, 6.07) is 24.7. The molecule has 122 valence electrons. The quantitative estimate of drug-likeness (QED) is 0.380. The van der Waals surface area contributed by atoms with Crippen molar-refractivity contribution in [3.05, 3.63) is 83.2 Å². The largest absolute Gasteiger partial charge is 0.253 e. The summed E-state index contributed by atoms with van der Waals surface area (Å²) in [4.78, 5) is 5.84. The number of hydrogen-bond acceptors (Lipinski definition) is 4. The Hall–Kier alpha value is -2.98. The molecule has 4 aromatic rings. The fourth-order valence-electron chi connectivity index (χ4n) is 2.83. The molecular formula is C21H17N3S. The third-order valence-electron chi connectivity index (χ3n) is 4.03. The summed E-state index contributed by atoms with van der Waals surface area (Å²) in [5, 5.41) is 7.58. The van der Waals surface area contributed by atoms with Crippen LogP contribution in [0.5, 0.6) is 0 Å². The molecule has 3 nitrogen and oxygen atoms in total. The van der Waals surface area contributed by atoms with Crippen LogP contribution in [-0.4, -0.2) is 11.2 Å². The molecule has 0 saturated carbocycles. The van der Waals surface area contributed by atoms with Gasteiger partial charge in [0, 0.05) is 16.0 Å². The molecule has 0 fully saturated rings. The van der Waals surface area contributed by atoms with Gasteiger partial charge in [-0.2, -0.15) is 5.10 Å². The highest BCUT2D eigenvalue weighted by Crippen LogP contribution is 2.30. The van der Waals surface area contributed by atoms with Crippen molar-refractivity contribution < 1.29 is 0 Å². The van der Waals surface area contributed by atoms with Gasteiger partial charge >= 0.3 is 0 Å². The first-order valence-electron chi connectivity index (χ1n) is 8.11. The third kappa shape index (κ3) is 3.30. The summed E-state index contributed by atoms with van der Waals surface area (Å²) in [6.45, 7) is 2.08. The minimum absolute atomic E-state index is 0.799. The average Bonchev–Trinajstić information content (AvgIpc) is 3.03. The summed E-state index contributed by atoms with van der Waals surface area (Å²) in [5.74, 6) is 0. The summed E-state index contributed by atoms with van der Waals surface area (Å²) >= 11 is 1.61. The zero-order chi connectivity index (χ0) is 17.1. The van der Waals surface area contributed by atoms with E-state index in [1.165, 1.54) is 15.6 Å². The molecule has 0 aliphatic heterocycles. The molecule has 0 amide bonds. The lowest BCUT2D eigenvalue weighted by Crippen LogP contribution is -1.91. The lowest BCUT2D eigenvalue weighted by Gasteiger charge is -2.01. The van der Waals surface area contributed by atoms with Crippen LogP contribution in [-0.2, 0) is 0 Å². The Balaban J connectivity index is 1.56. The number of anilines is 1. The second-order valence-electron chi connectivity index (χ2n) is 5.73. The van der Waals surface area contributed by atoms with Gasteiger partial charge < -0.3 is 0 Å². The van der Waals surface area contributed by atoms with Crippen LogP contribution in [0.25, 0.3) is 22.0 Å². The maximum atomic E-state index is 4.67. The number of thiazole rings is 1. The monoisotopic (exact) mass is 343 g/mol. The molecule has 3 aromatic carbocycles. The van der Waals surface area contributed by atoms with Crippen LogP contribution in [0.3, 0.4) is 0 Å². The number of aromatic nitrogens is 1. The SMILES string of the molecule is Cc1sc(N/N=C/c2cccc3ccccc23)nc1-c1ccccc1. The molecule has 0 aliphatic rings. The highest BCUT2D eigenvalue weighted by atomic mass is 32.1. The third-order valence-corrected chi connectivity index (χ3v) is 4.91. The second-order valence-corrected chi connectivity index (χ2v) is 6.93. The maximum absolute atomic E-state index is 4.67. The van der Waals surface area contributed by atoms with Gasteiger partial charge in [0.05, 0.1) is 11.9 Å². The molecule has 4 heteroatoms. The Labute approximate surface area is 150 Å². The number of hydrogen-bond donors (Lipinski definition) is 1. The van der Waals surface area contributed by atoms with Crippen molar-refractivity contribution in [3.8, 4) is 11.3 Å². The molecule has 0 spiro atoms. The van der Waals surface area contributed by atoms with Gasteiger partial charge in [-0.3, -0.25) is 5.43 Å². The Morgan fingerprint density at radius 2 is 1.68 bits per heavy atom. The molecule has 0 atom stereocenters. The van der Waals surface area contributed by atoms with Crippen molar-refractivity contribution >= 4 is 33.5 Å². The molecule has 1 aromatic heterocycles. The zero-order valence-electron chi connectivity index (χ0n) is 13.8. The van der Waals surface area contributed by atoms with Crippen molar-refractivity contribution in [3.63, 3.8) is 0 Å². The van der Waals surface area contributed by atoms with Crippen molar-refractivity contribution in [2.45, 2.75) is 6.92 Å². The van der Waals surface area contributed by atoms with E-state index in [4.69, 9.17) is 0 Å². The Morgan fingerprint density at radius 3 is 2.56 bits per heavy atom. The van der Waals surface area contributed by atoms with Crippen molar-refractivity contribution in [2.75, 3.05) is 5.43 Å². The minimum atomic E-state index is 0.799. The van der Waals surface area contributed by atoms with Gasteiger partial charge in [0.15, 0.2) is 0 Å². The van der Waals surface area contributed by atoms with E-state index in [0.29, 0.717) is 0 Å². The lowest BCUT2D eigenvalue weighted by atomic mass is 10.1. The van der Waals surface area contributed by atoms with E-state index < -0.39 is 0 Å². The van der Waals surface area contributed by atoms with Crippen LogP contribution in [0.2, 0.25) is 0 Å². The number of rotatable bonds is 4. The van der Waals surface area contributed by atoms with Gasteiger partial charge in [-0.15, -0.1) is 11.3 Å². The highest BCUT2D eigenvalue weighted by molar-refractivity contribution is 7.15. The summed E-state index contributed by atoms with van der Waals surface area (Å²) in [6.07, 6.45) is 1.85. The molecule has 0 radical (unpaired) electrons. The Kier molecular flexibility index (Phi) is 4.27. The fraction of sp³-hybridized carbons (Fsp3) is 0.0476. The molecule has 1 N–H and O–H groups in total. The molecule has 25 heavy (non-hydrogen) atoms. The van der Waals surface area contributed by atoms with Crippen molar-refractivity contribution in [2.24, 2.45) is 5.10 Å². The van der Waals surface area contributed by atoms with Gasteiger partial charge in [-0.1, -0.05) is 72.8 Å². The van der Waals surface area contributed by atoms with Crippen LogP contribution < -0.4 is 5.43 Å². The molecule has 0 aliphatic carbocycles. The molecule has 4 rings (SSSR count). The lowest BCUT2D eigenvalue weighted by molar-refractivity contribution is 1.28. The van der Waals surface area contributed by atoms with Crippen LogP contribution in [0.4, 0.5) is 5.13 Å². The van der Waals surface area contributed by atoms with Gasteiger partial charge in [-0.05, 0) is 17.7 Å². The first-order chi connectivity index (χ1) is 12.3. The normalized spacial score (nSPS) is 11.2. The van der Waals surface area contributed by atoms with E-state index in [2.05, 4.69) is 58.8 Å². The zero-order valence-corrected chi connectivity index (χ0v) is 14.6. The van der Waals surface area contributed by atoms with Crippen LogP contribution in [0.15, 0.2) is 77.9 Å². The maximum Gasteiger partial charge on any atom is 0.204 e. The minimum Gasteiger partial charge on any atom is -0.253 e. The van der Waals surface area contributed by atoms with Gasteiger partial charge in [-0.25, -0.2) is 4.98 Å². The molecule has 0 bridgehead atoms. The second kappa shape index (κ2) is 6.87. The molecule has 0 saturated heterocycles. The van der Waals surface area contributed by atoms with Gasteiger partial charge in [0.2, 0.25) is 5.13 Å². The van der Waals surface area contributed by atoms with E-state index in [0.717, 1.165) is 22.0 Å². The van der Waals surface area contributed by atoms with Crippen molar-refractivity contribution in [1.29, 1.82) is 0 Å². The number of fused-ring (bicyclic) bond motifs is 1. The number of nitrogens with zero attached hydrogens (tertiary/aromatic N) is 2. The molecule has 1 heterocycles. The Bertz CT molecular complexity index is 1030. The average molecular weight is 343 g/mol. The van der Waals surface area contributed by atoms with Crippen LogP contribution in [0.1, 0.15) is 10.4 Å². The predicted octanol–water partition coefficient (Wildman–Crippen LogP) is 5.72. The van der Waals surface area contributed by atoms with E-state index in [9.17, 15) is 0 Å². The smallest absolute Gasteiger partial charge is 0.204 e. The van der Waals surface area contributed by atoms with E-state index >= 15 is 0 Å². The first-order valence-corrected chi connectivity index (χ1v) is 8.92. The van der Waals surface area contributed by atoms with Gasteiger partial charge in [0.25, 0.3) is 0 Å². The number of aryl methyl sites for hydroxylation is 1. The van der Waals surface area contributed by atoms with Crippen LogP contribution >= 0.6 is 11.3 Å².